The van der Waals surface area contributed by atoms with Crippen molar-refractivity contribution in [3.63, 3.8) is 0 Å². The van der Waals surface area contributed by atoms with Crippen LogP contribution in [0.25, 0.3) is 0 Å². The van der Waals surface area contributed by atoms with E-state index in [0.717, 1.165) is 50.3 Å². The molecule has 0 aliphatic rings. The molecule has 0 N–H and O–H groups in total. The number of rotatable bonds is 10. The van der Waals surface area contributed by atoms with Gasteiger partial charge in [0.05, 0.1) is 0 Å². The third-order valence-corrected chi connectivity index (χ3v) is 5.41. The molecule has 1 rings (SSSR count). The molecule has 0 heterocycles. The lowest BCUT2D eigenvalue weighted by atomic mass is 10.1. The van der Waals surface area contributed by atoms with Gasteiger partial charge in [-0.3, -0.25) is 0 Å². The predicted octanol–water partition coefficient (Wildman–Crippen LogP) is 4.11. The van der Waals surface area contributed by atoms with Crippen molar-refractivity contribution in [2.24, 2.45) is 0 Å². The molecule has 0 amide bonds. The van der Waals surface area contributed by atoms with Crippen LogP contribution in [0.3, 0.4) is 0 Å². The quantitative estimate of drug-likeness (QED) is 0.367. The van der Waals surface area contributed by atoms with Gasteiger partial charge >= 0.3 is 9.28 Å². The summed E-state index contributed by atoms with van der Waals surface area (Å²) < 4.78 is 49.3. The van der Waals surface area contributed by atoms with E-state index in [9.17, 15) is 13.2 Å². The molecule has 0 saturated carbocycles. The fourth-order valence-corrected chi connectivity index (χ4v) is 3.54. The van der Waals surface area contributed by atoms with Crippen LogP contribution in [0.5, 0.6) is 0 Å². The Labute approximate surface area is 126 Å². The van der Waals surface area contributed by atoms with Crippen LogP contribution in [0.4, 0.5) is 13.2 Å². The number of halogens is 3. The van der Waals surface area contributed by atoms with Gasteiger partial charge in [-0.15, -0.1) is 0 Å². The summed E-state index contributed by atoms with van der Waals surface area (Å²) in [5.74, 6) is -3.62. The van der Waals surface area contributed by atoms with Crippen LogP contribution < -0.4 is 0 Å². The van der Waals surface area contributed by atoms with Crippen LogP contribution in [0.15, 0.2) is 12.1 Å². The molecule has 0 fully saturated rings. The third kappa shape index (κ3) is 6.63. The minimum atomic E-state index is -1.44. The van der Waals surface area contributed by atoms with Gasteiger partial charge in [0.25, 0.3) is 0 Å². The molecule has 0 aliphatic carbocycles. The van der Waals surface area contributed by atoms with Crippen LogP contribution in [0.2, 0.25) is 6.04 Å². The van der Waals surface area contributed by atoms with Crippen molar-refractivity contribution >= 4 is 9.28 Å². The third-order valence-electron chi connectivity index (χ3n) is 3.47. The summed E-state index contributed by atoms with van der Waals surface area (Å²) in [6, 6.07) is 3.15. The van der Waals surface area contributed by atoms with E-state index in [-0.39, 0.29) is 0 Å². The van der Waals surface area contributed by atoms with Crippen molar-refractivity contribution in [2.45, 2.75) is 44.6 Å². The van der Waals surface area contributed by atoms with E-state index >= 15 is 0 Å². The Morgan fingerprint density at radius 3 is 1.95 bits per heavy atom. The molecule has 0 aliphatic heterocycles. The summed E-state index contributed by atoms with van der Waals surface area (Å²) in [5, 5.41) is 0. The maximum absolute atomic E-state index is 13.0. The highest BCUT2D eigenvalue weighted by molar-refractivity contribution is 6.44. The average molecular weight is 320 g/mol. The number of aryl methyl sites for hydroxylation is 1. The van der Waals surface area contributed by atoms with E-state index in [4.69, 9.17) is 8.85 Å². The Morgan fingerprint density at radius 1 is 0.857 bits per heavy atom. The summed E-state index contributed by atoms with van der Waals surface area (Å²) >= 11 is 0. The van der Waals surface area contributed by atoms with Gasteiger partial charge in [-0.2, -0.15) is 0 Å². The smallest absolute Gasteiger partial charge is 0.320 e. The van der Waals surface area contributed by atoms with E-state index in [0.29, 0.717) is 12.0 Å². The lowest BCUT2D eigenvalue weighted by molar-refractivity contribution is 0.276. The van der Waals surface area contributed by atoms with Gasteiger partial charge < -0.3 is 8.85 Å². The lowest BCUT2D eigenvalue weighted by Gasteiger charge is -2.10. The minimum Gasteiger partial charge on any atom is -0.400 e. The standard InChI is InChI=1S/C15H23F3O2Si/c1-19-21(20-2)9-7-5-3-4-6-8-12-10-13(16)15(18)14(17)11-12/h10-11,21H,3-9H2,1-2H3. The van der Waals surface area contributed by atoms with Gasteiger partial charge in [-0.05, 0) is 36.6 Å². The zero-order valence-corrected chi connectivity index (χ0v) is 13.8. The molecular weight excluding hydrogens is 297 g/mol. The van der Waals surface area contributed by atoms with Crippen LogP contribution in [-0.2, 0) is 15.3 Å². The molecule has 1 aromatic rings. The van der Waals surface area contributed by atoms with E-state index in [2.05, 4.69) is 0 Å². The molecule has 0 spiro atoms. The number of hydrogen-bond donors (Lipinski definition) is 0. The second-order valence-corrected chi connectivity index (χ2v) is 7.46. The zero-order chi connectivity index (χ0) is 15.7. The minimum absolute atomic E-state index is 0.512. The van der Waals surface area contributed by atoms with Gasteiger partial charge in [0, 0.05) is 14.2 Å². The van der Waals surface area contributed by atoms with E-state index in [1.54, 1.807) is 14.2 Å². The van der Waals surface area contributed by atoms with Crippen molar-refractivity contribution in [1.82, 2.24) is 0 Å². The highest BCUT2D eigenvalue weighted by Crippen LogP contribution is 2.16. The van der Waals surface area contributed by atoms with Crippen molar-refractivity contribution < 1.29 is 22.0 Å². The second-order valence-electron chi connectivity index (χ2n) is 5.08. The molecule has 0 bridgehead atoms. The van der Waals surface area contributed by atoms with E-state index in [1.165, 1.54) is 0 Å². The molecule has 21 heavy (non-hydrogen) atoms. The first-order valence-corrected chi connectivity index (χ1v) is 9.03. The topological polar surface area (TPSA) is 18.5 Å². The summed E-state index contributed by atoms with van der Waals surface area (Å²) in [6.07, 6.45) is 5.66. The Kier molecular flexibility index (Phi) is 8.64. The Bertz CT molecular complexity index is 402. The second kappa shape index (κ2) is 9.97. The summed E-state index contributed by atoms with van der Waals surface area (Å²) in [6.45, 7) is 0. The Hall–Kier alpha value is -0.853. The van der Waals surface area contributed by atoms with Crippen LogP contribution in [0.1, 0.15) is 37.7 Å². The van der Waals surface area contributed by atoms with Crippen molar-refractivity contribution in [3.05, 3.63) is 35.1 Å². The first-order valence-electron chi connectivity index (χ1n) is 7.27. The maximum Gasteiger partial charge on any atom is 0.320 e. The Morgan fingerprint density at radius 2 is 1.38 bits per heavy atom. The maximum atomic E-state index is 13.0. The first-order chi connectivity index (χ1) is 10.1. The molecular formula is C15H23F3O2Si. The molecule has 1 aromatic carbocycles. The average Bonchev–Trinajstić information content (AvgIpc) is 2.47. The van der Waals surface area contributed by atoms with E-state index < -0.39 is 26.7 Å². The van der Waals surface area contributed by atoms with Crippen LogP contribution >= 0.6 is 0 Å². The number of benzene rings is 1. The van der Waals surface area contributed by atoms with Gasteiger partial charge in [-0.25, -0.2) is 13.2 Å². The lowest BCUT2D eigenvalue weighted by Crippen LogP contribution is -2.18. The fourth-order valence-electron chi connectivity index (χ4n) is 2.25. The van der Waals surface area contributed by atoms with Crippen molar-refractivity contribution in [2.75, 3.05) is 14.2 Å². The highest BCUT2D eigenvalue weighted by atomic mass is 28.3. The summed E-state index contributed by atoms with van der Waals surface area (Å²) in [4.78, 5) is 0. The molecule has 0 radical (unpaired) electrons. The Balaban J connectivity index is 2.15. The monoisotopic (exact) mass is 320 g/mol. The highest BCUT2D eigenvalue weighted by Gasteiger charge is 2.10. The van der Waals surface area contributed by atoms with Gasteiger partial charge in [-0.1, -0.05) is 25.7 Å². The first kappa shape index (κ1) is 18.2. The van der Waals surface area contributed by atoms with E-state index in [1.807, 2.05) is 0 Å². The van der Waals surface area contributed by atoms with Gasteiger partial charge in [0.2, 0.25) is 0 Å². The molecule has 2 nitrogen and oxygen atoms in total. The van der Waals surface area contributed by atoms with Crippen molar-refractivity contribution in [1.29, 1.82) is 0 Å². The molecule has 0 saturated heterocycles. The fraction of sp³-hybridized carbons (Fsp3) is 0.600. The molecule has 6 heteroatoms. The number of unbranched alkanes of at least 4 members (excludes halogenated alkanes) is 4. The van der Waals surface area contributed by atoms with Gasteiger partial charge in [0.15, 0.2) is 17.5 Å². The number of hydrogen-bond acceptors (Lipinski definition) is 2. The van der Waals surface area contributed by atoms with Crippen molar-refractivity contribution in [3.8, 4) is 0 Å². The molecule has 0 unspecified atom stereocenters. The molecule has 0 atom stereocenters. The molecule has 120 valence electrons. The normalized spacial score (nSPS) is 11.3. The zero-order valence-electron chi connectivity index (χ0n) is 12.6. The SMILES string of the molecule is CO[SiH](CCCCCCCc1cc(F)c(F)c(F)c1)OC. The van der Waals surface area contributed by atoms with Gasteiger partial charge in [0.1, 0.15) is 0 Å². The predicted molar refractivity (Wildman–Crippen MR) is 79.1 cm³/mol. The summed E-state index contributed by atoms with van der Waals surface area (Å²) in [5.41, 5.74) is 0.512. The largest absolute Gasteiger partial charge is 0.400 e. The van der Waals surface area contributed by atoms with Crippen LogP contribution in [-0.4, -0.2) is 23.5 Å². The molecule has 0 aromatic heterocycles. The summed E-state index contributed by atoms with van der Waals surface area (Å²) in [7, 11) is 1.93. The van der Waals surface area contributed by atoms with Crippen LogP contribution in [0, 0.1) is 17.5 Å².